The van der Waals surface area contributed by atoms with E-state index in [1.165, 1.54) is 12.3 Å². The lowest BCUT2D eigenvalue weighted by molar-refractivity contribution is 0.0988. The normalized spacial score (nSPS) is 10.1. The van der Waals surface area contributed by atoms with Crippen LogP contribution in [0.2, 0.25) is 0 Å². The van der Waals surface area contributed by atoms with Crippen LogP contribution >= 0.6 is 0 Å². The maximum Gasteiger partial charge on any atom is 0.294 e. The topological polar surface area (TPSA) is 64.4 Å². The molecule has 0 saturated carbocycles. The second-order valence-electron chi connectivity index (χ2n) is 4.27. The molecule has 3 rings (SSSR count). The lowest BCUT2D eigenvalue weighted by Gasteiger charge is -2.07. The molecule has 0 fully saturated rings. The summed E-state index contributed by atoms with van der Waals surface area (Å²) in [4.78, 5) is 11.8. The zero-order valence-electron chi connectivity index (χ0n) is 11.0. The molecule has 2 aromatic carbocycles. The average Bonchev–Trinajstić information content (AvgIpc) is 3.05. The van der Waals surface area contributed by atoms with Gasteiger partial charge in [0.05, 0.1) is 6.20 Å². The third kappa shape index (κ3) is 3.27. The molecule has 0 radical (unpaired) electrons. The van der Waals surface area contributed by atoms with E-state index in [4.69, 9.17) is 9.26 Å². The standard InChI is InChI=1S/C16H12N2O3/c19-16(15-10-11-17-21-15)18-12-6-8-14(9-7-12)20-13-4-2-1-3-5-13/h1-11H,(H,18,19). The minimum atomic E-state index is -0.343. The number of hydrogen-bond donors (Lipinski definition) is 1. The Balaban J connectivity index is 1.65. The van der Waals surface area contributed by atoms with Gasteiger partial charge in [0.2, 0.25) is 5.76 Å². The number of anilines is 1. The molecule has 0 saturated heterocycles. The molecule has 5 nitrogen and oxygen atoms in total. The van der Waals surface area contributed by atoms with E-state index in [-0.39, 0.29) is 11.7 Å². The number of rotatable bonds is 4. The van der Waals surface area contributed by atoms with Crippen LogP contribution in [0.3, 0.4) is 0 Å². The summed E-state index contributed by atoms with van der Waals surface area (Å²) in [6.45, 7) is 0. The van der Waals surface area contributed by atoms with Crippen LogP contribution in [0.4, 0.5) is 5.69 Å². The fourth-order valence-corrected chi connectivity index (χ4v) is 1.76. The maximum atomic E-state index is 11.8. The number of aromatic nitrogens is 1. The van der Waals surface area contributed by atoms with Crippen molar-refractivity contribution >= 4 is 11.6 Å². The molecule has 0 bridgehead atoms. The summed E-state index contributed by atoms with van der Waals surface area (Å²) in [5.41, 5.74) is 0.650. The van der Waals surface area contributed by atoms with Crippen molar-refractivity contribution in [2.24, 2.45) is 0 Å². The first-order valence-corrected chi connectivity index (χ1v) is 6.36. The molecule has 104 valence electrons. The molecule has 3 aromatic rings. The molecule has 0 aliphatic rings. The van der Waals surface area contributed by atoms with Crippen molar-refractivity contribution in [3.8, 4) is 11.5 Å². The predicted molar refractivity (Wildman–Crippen MR) is 77.4 cm³/mol. The highest BCUT2D eigenvalue weighted by Gasteiger charge is 2.09. The zero-order chi connectivity index (χ0) is 14.5. The van der Waals surface area contributed by atoms with Crippen molar-refractivity contribution < 1.29 is 14.1 Å². The van der Waals surface area contributed by atoms with Crippen LogP contribution in [0, 0.1) is 0 Å². The van der Waals surface area contributed by atoms with Crippen molar-refractivity contribution in [3.05, 3.63) is 72.6 Å². The van der Waals surface area contributed by atoms with E-state index in [1.807, 2.05) is 30.3 Å². The fourth-order valence-electron chi connectivity index (χ4n) is 1.76. The summed E-state index contributed by atoms with van der Waals surface area (Å²) in [6.07, 6.45) is 1.42. The molecule has 1 heterocycles. The molecule has 1 N–H and O–H groups in total. The van der Waals surface area contributed by atoms with Gasteiger partial charge >= 0.3 is 0 Å². The highest BCUT2D eigenvalue weighted by Crippen LogP contribution is 2.22. The van der Waals surface area contributed by atoms with Gasteiger partial charge in [0.15, 0.2) is 0 Å². The smallest absolute Gasteiger partial charge is 0.294 e. The van der Waals surface area contributed by atoms with Gasteiger partial charge in [-0.15, -0.1) is 0 Å². The molecule has 1 aromatic heterocycles. The van der Waals surface area contributed by atoms with Crippen molar-refractivity contribution in [2.45, 2.75) is 0 Å². The number of ether oxygens (including phenoxy) is 1. The van der Waals surface area contributed by atoms with Gasteiger partial charge in [-0.05, 0) is 36.4 Å². The molecule has 0 atom stereocenters. The summed E-state index contributed by atoms with van der Waals surface area (Å²) in [5.74, 6) is 1.28. The van der Waals surface area contributed by atoms with Crippen molar-refractivity contribution in [2.75, 3.05) is 5.32 Å². The van der Waals surface area contributed by atoms with Crippen LogP contribution < -0.4 is 10.1 Å². The Bertz CT molecular complexity index is 707. The van der Waals surface area contributed by atoms with E-state index >= 15 is 0 Å². The van der Waals surface area contributed by atoms with Gasteiger partial charge in [-0.1, -0.05) is 23.4 Å². The average molecular weight is 280 g/mol. The molecular weight excluding hydrogens is 268 g/mol. The first-order valence-electron chi connectivity index (χ1n) is 6.36. The molecule has 0 aliphatic carbocycles. The number of hydrogen-bond acceptors (Lipinski definition) is 4. The van der Waals surface area contributed by atoms with Crippen molar-refractivity contribution in [3.63, 3.8) is 0 Å². The lowest BCUT2D eigenvalue weighted by atomic mass is 10.3. The predicted octanol–water partition coefficient (Wildman–Crippen LogP) is 3.72. The minimum absolute atomic E-state index is 0.166. The van der Waals surface area contributed by atoms with Crippen LogP contribution in [0.1, 0.15) is 10.6 Å². The summed E-state index contributed by atoms with van der Waals surface area (Å²) in [6, 6.07) is 18.1. The van der Waals surface area contributed by atoms with E-state index in [2.05, 4.69) is 10.5 Å². The van der Waals surface area contributed by atoms with E-state index in [9.17, 15) is 4.79 Å². The maximum absolute atomic E-state index is 11.8. The van der Waals surface area contributed by atoms with Crippen molar-refractivity contribution in [1.82, 2.24) is 5.16 Å². The number of amides is 1. The number of carbonyl (C=O) groups excluding carboxylic acids is 1. The number of para-hydroxylation sites is 1. The molecule has 0 spiro atoms. The summed E-state index contributed by atoms with van der Waals surface area (Å²) < 4.78 is 10.5. The number of benzene rings is 2. The lowest BCUT2D eigenvalue weighted by Crippen LogP contribution is -2.10. The van der Waals surface area contributed by atoms with E-state index in [0.29, 0.717) is 11.4 Å². The van der Waals surface area contributed by atoms with Crippen molar-refractivity contribution in [1.29, 1.82) is 0 Å². The first kappa shape index (κ1) is 12.9. The third-order valence-electron chi connectivity index (χ3n) is 2.75. The molecule has 1 amide bonds. The molecule has 21 heavy (non-hydrogen) atoms. The molecular formula is C16H12N2O3. The highest BCUT2D eigenvalue weighted by atomic mass is 16.5. The van der Waals surface area contributed by atoms with Crippen LogP contribution in [-0.2, 0) is 0 Å². The SMILES string of the molecule is O=C(Nc1ccc(Oc2ccccc2)cc1)c1ccno1. The van der Waals surface area contributed by atoms with Gasteiger partial charge in [-0.25, -0.2) is 0 Å². The van der Waals surface area contributed by atoms with Crippen LogP contribution in [0.25, 0.3) is 0 Å². The fraction of sp³-hybridized carbons (Fsp3) is 0. The van der Waals surface area contributed by atoms with Crippen LogP contribution in [-0.4, -0.2) is 11.1 Å². The zero-order valence-corrected chi connectivity index (χ0v) is 11.0. The van der Waals surface area contributed by atoms with E-state index in [0.717, 1.165) is 5.75 Å². The van der Waals surface area contributed by atoms with Gasteiger partial charge in [0.1, 0.15) is 11.5 Å². The monoisotopic (exact) mass is 280 g/mol. The first-order chi connectivity index (χ1) is 10.3. The van der Waals surface area contributed by atoms with Crippen LogP contribution in [0.5, 0.6) is 11.5 Å². The second kappa shape index (κ2) is 5.92. The van der Waals surface area contributed by atoms with Gasteiger partial charge in [-0.2, -0.15) is 0 Å². The molecule has 0 aliphatic heterocycles. The summed E-state index contributed by atoms with van der Waals surface area (Å²) >= 11 is 0. The molecule has 0 unspecified atom stereocenters. The van der Waals surface area contributed by atoms with Gasteiger partial charge in [0, 0.05) is 11.8 Å². The van der Waals surface area contributed by atoms with E-state index < -0.39 is 0 Å². The quantitative estimate of drug-likeness (QED) is 0.791. The Morgan fingerprint density at radius 2 is 1.67 bits per heavy atom. The Labute approximate surface area is 121 Å². The minimum Gasteiger partial charge on any atom is -0.457 e. The Hall–Kier alpha value is -3.08. The van der Waals surface area contributed by atoms with E-state index in [1.54, 1.807) is 24.3 Å². The number of nitrogens with one attached hydrogen (secondary N) is 1. The Morgan fingerprint density at radius 1 is 0.952 bits per heavy atom. The highest BCUT2D eigenvalue weighted by molar-refractivity contribution is 6.02. The molecule has 5 heteroatoms. The van der Waals surface area contributed by atoms with Gasteiger partial charge in [-0.3, -0.25) is 4.79 Å². The third-order valence-corrected chi connectivity index (χ3v) is 2.75. The number of carbonyl (C=O) groups is 1. The second-order valence-corrected chi connectivity index (χ2v) is 4.27. The van der Waals surface area contributed by atoms with Crippen LogP contribution in [0.15, 0.2) is 71.4 Å². The van der Waals surface area contributed by atoms with Gasteiger partial charge < -0.3 is 14.6 Å². The Kier molecular flexibility index (Phi) is 3.64. The largest absolute Gasteiger partial charge is 0.457 e. The summed E-state index contributed by atoms with van der Waals surface area (Å²) in [5, 5.41) is 6.20. The number of nitrogens with zero attached hydrogens (tertiary/aromatic N) is 1. The Morgan fingerprint density at radius 3 is 2.33 bits per heavy atom. The van der Waals surface area contributed by atoms with Gasteiger partial charge in [0.25, 0.3) is 5.91 Å². The summed E-state index contributed by atoms with van der Waals surface area (Å²) in [7, 11) is 0.